The number of Topliss-reactive ketones (excluding diaryl/α,β-unsaturated/α-hetero) is 1. The summed E-state index contributed by atoms with van der Waals surface area (Å²) < 4.78 is 0. The van der Waals surface area contributed by atoms with Gasteiger partial charge in [0.15, 0.2) is 5.78 Å². The number of piperidine rings is 1. The third-order valence-electron chi connectivity index (χ3n) is 4.06. The van der Waals surface area contributed by atoms with Crippen LogP contribution in [0.4, 0.5) is 0 Å². The van der Waals surface area contributed by atoms with Crippen LogP contribution in [0.5, 0.6) is 0 Å². The van der Waals surface area contributed by atoms with E-state index in [0.29, 0.717) is 11.6 Å². The summed E-state index contributed by atoms with van der Waals surface area (Å²) in [7, 11) is 0. The predicted molar refractivity (Wildman–Crippen MR) is 90.6 cm³/mol. The molecule has 5 heteroatoms. The second kappa shape index (κ2) is 8.91. The van der Waals surface area contributed by atoms with Gasteiger partial charge in [-0.25, -0.2) is 0 Å². The number of carbonyl (C=O) groups is 2. The SMILES string of the molecule is Cc1ccc(C(=O)CCC(=O)NC2CCCNC2C)cc1.Cl. The molecule has 22 heavy (non-hydrogen) atoms. The lowest BCUT2D eigenvalue weighted by Gasteiger charge is -2.30. The zero-order valence-electron chi connectivity index (χ0n) is 13.2. The van der Waals surface area contributed by atoms with E-state index in [0.717, 1.165) is 24.9 Å². The molecular weight excluding hydrogens is 300 g/mol. The minimum absolute atomic E-state index is 0. The van der Waals surface area contributed by atoms with E-state index in [1.807, 2.05) is 31.2 Å². The van der Waals surface area contributed by atoms with Crippen molar-refractivity contribution in [2.24, 2.45) is 0 Å². The number of rotatable bonds is 5. The van der Waals surface area contributed by atoms with E-state index in [-0.39, 0.29) is 43.0 Å². The van der Waals surface area contributed by atoms with Crippen LogP contribution in [0.1, 0.15) is 48.5 Å². The Morgan fingerprint density at radius 1 is 1.23 bits per heavy atom. The van der Waals surface area contributed by atoms with E-state index >= 15 is 0 Å². The summed E-state index contributed by atoms with van der Waals surface area (Å²) >= 11 is 0. The minimum atomic E-state index is -0.0315. The summed E-state index contributed by atoms with van der Waals surface area (Å²) in [5.41, 5.74) is 1.81. The molecule has 2 unspecified atom stereocenters. The number of carbonyl (C=O) groups excluding carboxylic acids is 2. The number of hydrogen-bond donors (Lipinski definition) is 2. The molecule has 2 atom stereocenters. The maximum Gasteiger partial charge on any atom is 0.220 e. The highest BCUT2D eigenvalue weighted by atomic mass is 35.5. The average Bonchev–Trinajstić information content (AvgIpc) is 2.48. The van der Waals surface area contributed by atoms with E-state index in [1.54, 1.807) is 0 Å². The average molecular weight is 325 g/mol. The highest BCUT2D eigenvalue weighted by Crippen LogP contribution is 2.10. The maximum absolute atomic E-state index is 12.0. The van der Waals surface area contributed by atoms with Crippen LogP contribution in [0, 0.1) is 6.92 Å². The zero-order valence-corrected chi connectivity index (χ0v) is 14.0. The fourth-order valence-corrected chi connectivity index (χ4v) is 2.63. The number of amides is 1. The molecular formula is C17H25ClN2O2. The first-order valence-electron chi connectivity index (χ1n) is 7.69. The topological polar surface area (TPSA) is 58.2 Å². The summed E-state index contributed by atoms with van der Waals surface area (Å²) in [6.07, 6.45) is 2.61. The van der Waals surface area contributed by atoms with Crippen LogP contribution in [0.25, 0.3) is 0 Å². The lowest BCUT2D eigenvalue weighted by molar-refractivity contribution is -0.122. The summed E-state index contributed by atoms with van der Waals surface area (Å²) in [4.78, 5) is 24.0. The monoisotopic (exact) mass is 324 g/mol. The van der Waals surface area contributed by atoms with Crippen LogP contribution >= 0.6 is 12.4 Å². The second-order valence-electron chi connectivity index (χ2n) is 5.85. The number of nitrogens with one attached hydrogen (secondary N) is 2. The lowest BCUT2D eigenvalue weighted by Crippen LogP contribution is -2.51. The van der Waals surface area contributed by atoms with Gasteiger partial charge in [-0.05, 0) is 33.2 Å². The van der Waals surface area contributed by atoms with Crippen LogP contribution < -0.4 is 10.6 Å². The molecule has 1 amide bonds. The fourth-order valence-electron chi connectivity index (χ4n) is 2.63. The molecule has 2 N–H and O–H groups in total. The van der Waals surface area contributed by atoms with Crippen LogP contribution in [-0.4, -0.2) is 30.3 Å². The fraction of sp³-hybridized carbons (Fsp3) is 0.529. The Balaban J connectivity index is 0.00000242. The molecule has 1 aliphatic rings. The zero-order chi connectivity index (χ0) is 15.2. The van der Waals surface area contributed by atoms with E-state index in [4.69, 9.17) is 0 Å². The minimum Gasteiger partial charge on any atom is -0.352 e. The molecule has 0 bridgehead atoms. The quantitative estimate of drug-likeness (QED) is 0.819. The Bertz CT molecular complexity index is 502. The Morgan fingerprint density at radius 2 is 1.91 bits per heavy atom. The summed E-state index contributed by atoms with van der Waals surface area (Å²) in [5.74, 6) is -0.00372. The molecule has 0 aliphatic carbocycles. The molecule has 1 fully saturated rings. The first-order valence-corrected chi connectivity index (χ1v) is 7.69. The first-order chi connectivity index (χ1) is 10.1. The summed E-state index contributed by atoms with van der Waals surface area (Å²) in [5, 5.41) is 6.38. The summed E-state index contributed by atoms with van der Waals surface area (Å²) in [6.45, 7) is 5.09. The Labute approximate surface area is 138 Å². The van der Waals surface area contributed by atoms with Gasteiger partial charge in [-0.1, -0.05) is 29.8 Å². The summed E-state index contributed by atoms with van der Waals surface area (Å²) in [6, 6.07) is 7.97. The Kier molecular flexibility index (Phi) is 7.56. The van der Waals surface area contributed by atoms with Gasteiger partial charge in [0.25, 0.3) is 0 Å². The number of benzene rings is 1. The molecule has 1 aromatic carbocycles. The molecule has 0 spiro atoms. The van der Waals surface area contributed by atoms with Crippen molar-refractivity contribution in [3.8, 4) is 0 Å². The van der Waals surface area contributed by atoms with Gasteiger partial charge in [0, 0.05) is 30.5 Å². The third kappa shape index (κ3) is 5.43. The molecule has 4 nitrogen and oxygen atoms in total. The molecule has 1 saturated heterocycles. The van der Waals surface area contributed by atoms with Gasteiger partial charge in [-0.2, -0.15) is 0 Å². The second-order valence-corrected chi connectivity index (χ2v) is 5.85. The number of ketones is 1. The van der Waals surface area contributed by atoms with Gasteiger partial charge in [0.1, 0.15) is 0 Å². The van der Waals surface area contributed by atoms with E-state index in [1.165, 1.54) is 0 Å². The van der Waals surface area contributed by atoms with Crippen LogP contribution in [0.2, 0.25) is 0 Å². The van der Waals surface area contributed by atoms with E-state index in [2.05, 4.69) is 17.6 Å². The highest BCUT2D eigenvalue weighted by molar-refractivity contribution is 5.98. The molecule has 1 aliphatic heterocycles. The van der Waals surface area contributed by atoms with Gasteiger partial charge in [0.2, 0.25) is 5.91 Å². The van der Waals surface area contributed by atoms with Gasteiger partial charge < -0.3 is 10.6 Å². The van der Waals surface area contributed by atoms with Crippen molar-refractivity contribution >= 4 is 24.1 Å². The molecule has 2 rings (SSSR count). The number of halogens is 1. The molecule has 0 saturated carbocycles. The molecule has 122 valence electrons. The maximum atomic E-state index is 12.0. The number of hydrogen-bond acceptors (Lipinski definition) is 3. The van der Waals surface area contributed by atoms with Gasteiger partial charge in [0.05, 0.1) is 0 Å². The number of aryl methyl sites for hydroxylation is 1. The van der Waals surface area contributed by atoms with Gasteiger partial charge in [-0.15, -0.1) is 12.4 Å². The van der Waals surface area contributed by atoms with Crippen LogP contribution in [0.15, 0.2) is 24.3 Å². The first kappa shape index (κ1) is 18.7. The van der Waals surface area contributed by atoms with Crippen molar-refractivity contribution < 1.29 is 9.59 Å². The largest absolute Gasteiger partial charge is 0.352 e. The predicted octanol–water partition coefficient (Wildman–Crippen LogP) is 2.64. The van der Waals surface area contributed by atoms with E-state index in [9.17, 15) is 9.59 Å². The van der Waals surface area contributed by atoms with Gasteiger partial charge >= 0.3 is 0 Å². The van der Waals surface area contributed by atoms with Gasteiger partial charge in [-0.3, -0.25) is 9.59 Å². The Hall–Kier alpha value is -1.39. The van der Waals surface area contributed by atoms with Crippen molar-refractivity contribution in [1.82, 2.24) is 10.6 Å². The van der Waals surface area contributed by atoms with Crippen molar-refractivity contribution in [3.63, 3.8) is 0 Å². The highest BCUT2D eigenvalue weighted by Gasteiger charge is 2.22. The van der Waals surface area contributed by atoms with Crippen molar-refractivity contribution in [2.45, 2.75) is 51.6 Å². The van der Waals surface area contributed by atoms with Crippen LogP contribution in [0.3, 0.4) is 0 Å². The smallest absolute Gasteiger partial charge is 0.220 e. The molecule has 0 aromatic heterocycles. The Morgan fingerprint density at radius 3 is 2.55 bits per heavy atom. The van der Waals surface area contributed by atoms with Crippen molar-refractivity contribution in [3.05, 3.63) is 35.4 Å². The van der Waals surface area contributed by atoms with Crippen molar-refractivity contribution in [1.29, 1.82) is 0 Å². The van der Waals surface area contributed by atoms with Crippen molar-refractivity contribution in [2.75, 3.05) is 6.54 Å². The lowest BCUT2D eigenvalue weighted by atomic mass is 9.99. The standard InChI is InChI=1S/C17H24N2O2.ClH/c1-12-5-7-14(8-6-12)16(20)9-10-17(21)19-15-4-3-11-18-13(15)2;/h5-8,13,15,18H,3-4,9-11H2,1-2H3,(H,19,21);1H. The molecule has 0 radical (unpaired) electrons. The third-order valence-corrected chi connectivity index (χ3v) is 4.06. The molecule has 1 heterocycles. The normalized spacial score (nSPS) is 20.8. The molecule has 1 aromatic rings. The van der Waals surface area contributed by atoms with E-state index < -0.39 is 0 Å². The van der Waals surface area contributed by atoms with Crippen LogP contribution in [-0.2, 0) is 4.79 Å².